The lowest BCUT2D eigenvalue weighted by molar-refractivity contribution is -0.0286. The molecule has 1 saturated heterocycles. The molecule has 0 aliphatic carbocycles. The van der Waals surface area contributed by atoms with Crippen LogP contribution >= 0.6 is 0 Å². The highest BCUT2D eigenvalue weighted by molar-refractivity contribution is 5.02. The molecule has 1 aliphatic heterocycles. The molecule has 0 bridgehead atoms. The van der Waals surface area contributed by atoms with E-state index < -0.39 is 0 Å². The molecule has 0 N–H and O–H groups in total. The van der Waals surface area contributed by atoms with Crippen molar-refractivity contribution in [3.63, 3.8) is 0 Å². The Hall–Kier alpha value is -0.0800. The Morgan fingerprint density at radius 2 is 1.39 bits per heavy atom. The molecule has 2 nitrogen and oxygen atoms in total. The van der Waals surface area contributed by atoms with E-state index in [1.165, 1.54) is 32.2 Å². The van der Waals surface area contributed by atoms with Crippen LogP contribution in [0.15, 0.2) is 0 Å². The number of likely N-dealkylation sites (tertiary alicyclic amines) is 1. The van der Waals surface area contributed by atoms with E-state index in [4.69, 9.17) is 0 Å². The second kappa shape index (κ2) is 6.67. The quantitative estimate of drug-likeness (QED) is 0.656. The molecule has 2 heteroatoms. The summed E-state index contributed by atoms with van der Waals surface area (Å²) in [6.45, 7) is 27.6. The van der Waals surface area contributed by atoms with E-state index in [0.29, 0.717) is 6.04 Å². The molecule has 138 valence electrons. The summed E-state index contributed by atoms with van der Waals surface area (Å²) in [5.74, 6) is 0. The minimum Gasteiger partial charge on any atom is -0.293 e. The Kier molecular flexibility index (Phi) is 6.08. The van der Waals surface area contributed by atoms with Gasteiger partial charge < -0.3 is 0 Å². The third-order valence-corrected chi connectivity index (χ3v) is 5.54. The van der Waals surface area contributed by atoms with Gasteiger partial charge in [-0.25, -0.2) is 0 Å². The fourth-order valence-electron chi connectivity index (χ4n) is 5.41. The van der Waals surface area contributed by atoms with Gasteiger partial charge in [-0.05, 0) is 101 Å². The van der Waals surface area contributed by atoms with Gasteiger partial charge in [-0.3, -0.25) is 9.80 Å². The highest BCUT2D eigenvalue weighted by Crippen LogP contribution is 2.41. The predicted molar refractivity (Wildman–Crippen MR) is 104 cm³/mol. The minimum atomic E-state index is 0.197. The van der Waals surface area contributed by atoms with Gasteiger partial charge in [0.05, 0.1) is 0 Å². The van der Waals surface area contributed by atoms with Gasteiger partial charge in [0.25, 0.3) is 0 Å². The van der Waals surface area contributed by atoms with Crippen LogP contribution in [0.2, 0.25) is 0 Å². The topological polar surface area (TPSA) is 6.48 Å². The van der Waals surface area contributed by atoms with Crippen LogP contribution in [0.4, 0.5) is 0 Å². The van der Waals surface area contributed by atoms with Crippen molar-refractivity contribution in [3.8, 4) is 0 Å². The highest BCUT2D eigenvalue weighted by atomic mass is 15.3. The normalized spacial score (nSPS) is 26.3. The molecule has 0 aromatic carbocycles. The van der Waals surface area contributed by atoms with Crippen LogP contribution in [-0.4, -0.2) is 44.5 Å². The monoisotopic (exact) mass is 324 g/mol. The zero-order valence-corrected chi connectivity index (χ0v) is 18.0. The maximum absolute atomic E-state index is 2.78. The molecule has 1 atom stereocenters. The molecule has 0 saturated carbocycles. The zero-order valence-electron chi connectivity index (χ0n) is 18.0. The summed E-state index contributed by atoms with van der Waals surface area (Å²) in [7, 11) is 0. The van der Waals surface area contributed by atoms with Gasteiger partial charge in [0.15, 0.2) is 0 Å². The average molecular weight is 325 g/mol. The molecular weight excluding hydrogens is 280 g/mol. The largest absolute Gasteiger partial charge is 0.293 e. The molecule has 0 amide bonds. The first-order valence-corrected chi connectivity index (χ1v) is 9.70. The molecule has 1 heterocycles. The van der Waals surface area contributed by atoms with Gasteiger partial charge in [-0.15, -0.1) is 0 Å². The van der Waals surface area contributed by atoms with E-state index >= 15 is 0 Å². The van der Waals surface area contributed by atoms with E-state index in [9.17, 15) is 0 Å². The van der Waals surface area contributed by atoms with E-state index in [0.717, 1.165) is 0 Å². The summed E-state index contributed by atoms with van der Waals surface area (Å²) >= 11 is 0. The van der Waals surface area contributed by atoms with E-state index in [-0.39, 0.29) is 22.2 Å². The molecule has 1 fully saturated rings. The van der Waals surface area contributed by atoms with Gasteiger partial charge in [0.2, 0.25) is 0 Å². The van der Waals surface area contributed by atoms with Gasteiger partial charge >= 0.3 is 0 Å². The molecule has 0 aromatic rings. The van der Waals surface area contributed by atoms with Gasteiger partial charge in [-0.2, -0.15) is 0 Å². The number of rotatable bonds is 3. The average Bonchev–Trinajstić information content (AvgIpc) is 2.35. The van der Waals surface area contributed by atoms with Crippen molar-refractivity contribution < 1.29 is 0 Å². The van der Waals surface area contributed by atoms with Crippen LogP contribution in [0.25, 0.3) is 0 Å². The lowest BCUT2D eigenvalue weighted by atomic mass is 9.86. The van der Waals surface area contributed by atoms with Crippen molar-refractivity contribution in [1.29, 1.82) is 0 Å². The fraction of sp³-hybridized carbons (Fsp3) is 1.00. The van der Waals surface area contributed by atoms with Gasteiger partial charge in [0.1, 0.15) is 0 Å². The smallest absolute Gasteiger partial charge is 0.0173 e. The molecule has 23 heavy (non-hydrogen) atoms. The highest BCUT2D eigenvalue weighted by Gasteiger charge is 2.46. The van der Waals surface area contributed by atoms with Crippen LogP contribution in [0.5, 0.6) is 0 Å². The summed E-state index contributed by atoms with van der Waals surface area (Å²) in [4.78, 5) is 5.57. The lowest BCUT2D eigenvalue weighted by Crippen LogP contribution is -2.60. The summed E-state index contributed by atoms with van der Waals surface area (Å²) in [5.41, 5.74) is 0.928. The van der Waals surface area contributed by atoms with Crippen LogP contribution in [-0.2, 0) is 0 Å². The van der Waals surface area contributed by atoms with Gasteiger partial charge in [-0.1, -0.05) is 6.92 Å². The maximum Gasteiger partial charge on any atom is 0.0173 e. The molecule has 0 radical (unpaired) electrons. The molecule has 0 aromatic heterocycles. The van der Waals surface area contributed by atoms with E-state index in [1.54, 1.807) is 0 Å². The van der Waals surface area contributed by atoms with Crippen molar-refractivity contribution in [2.45, 2.75) is 130 Å². The standard InChI is InChI=1S/C21H44N2/c1-12-15-22-20(8,9)14-13-17(16-21(22,10)11)23(18(2,3)4)19(5,6)7/h17H,12-16H2,1-11H3. The second-order valence-electron chi connectivity index (χ2n) is 10.9. The first kappa shape index (κ1) is 21.0. The number of hydrogen-bond donors (Lipinski definition) is 0. The molecule has 1 rings (SSSR count). The van der Waals surface area contributed by atoms with Crippen LogP contribution in [0.3, 0.4) is 0 Å². The Bertz CT molecular complexity index is 368. The van der Waals surface area contributed by atoms with Crippen molar-refractivity contribution in [2.24, 2.45) is 0 Å². The van der Waals surface area contributed by atoms with Crippen LogP contribution in [0.1, 0.15) is 102 Å². The second-order valence-corrected chi connectivity index (χ2v) is 10.9. The van der Waals surface area contributed by atoms with Crippen molar-refractivity contribution in [3.05, 3.63) is 0 Å². The summed E-state index contributed by atoms with van der Waals surface area (Å²) in [6.07, 6.45) is 5.07. The predicted octanol–water partition coefficient (Wildman–Crippen LogP) is 5.71. The third-order valence-electron chi connectivity index (χ3n) is 5.54. The Morgan fingerprint density at radius 1 is 0.913 bits per heavy atom. The van der Waals surface area contributed by atoms with Crippen molar-refractivity contribution in [2.75, 3.05) is 6.54 Å². The minimum absolute atomic E-state index is 0.197. The molecule has 1 unspecified atom stereocenters. The summed E-state index contributed by atoms with van der Waals surface area (Å²) in [6, 6.07) is 0.645. The van der Waals surface area contributed by atoms with Crippen LogP contribution < -0.4 is 0 Å². The van der Waals surface area contributed by atoms with Crippen LogP contribution in [0, 0.1) is 0 Å². The Balaban J connectivity index is 3.22. The van der Waals surface area contributed by atoms with E-state index in [1.807, 2.05) is 0 Å². The SMILES string of the molecule is CCCN1C(C)(C)CCC(N(C(C)(C)C)C(C)(C)C)CC1(C)C. The molecular formula is C21H44N2. The number of nitrogens with zero attached hydrogens (tertiary/aromatic N) is 2. The van der Waals surface area contributed by atoms with Crippen molar-refractivity contribution in [1.82, 2.24) is 9.80 Å². The Morgan fingerprint density at radius 3 is 1.78 bits per heavy atom. The molecule has 0 spiro atoms. The molecule has 1 aliphatic rings. The first-order valence-electron chi connectivity index (χ1n) is 9.70. The lowest BCUT2D eigenvalue weighted by Gasteiger charge is -2.52. The summed E-state index contributed by atoms with van der Waals surface area (Å²) < 4.78 is 0. The maximum atomic E-state index is 2.78. The third kappa shape index (κ3) is 4.95. The van der Waals surface area contributed by atoms with E-state index in [2.05, 4.69) is 86.0 Å². The number of hydrogen-bond acceptors (Lipinski definition) is 2. The summed E-state index contributed by atoms with van der Waals surface area (Å²) in [5, 5.41) is 0. The Labute approximate surface area is 147 Å². The first-order chi connectivity index (χ1) is 10.1. The fourth-order valence-corrected chi connectivity index (χ4v) is 5.41. The zero-order chi connectivity index (χ0) is 18.3. The van der Waals surface area contributed by atoms with Gasteiger partial charge in [0, 0.05) is 28.2 Å². The van der Waals surface area contributed by atoms with Crippen molar-refractivity contribution >= 4 is 0 Å².